The van der Waals surface area contributed by atoms with Crippen LogP contribution >= 0.6 is 0 Å². The number of aliphatic imine (C=N–C) groups is 1. The Morgan fingerprint density at radius 2 is 1.79 bits per heavy atom. The summed E-state index contributed by atoms with van der Waals surface area (Å²) in [5.74, 6) is 0.777. The molecule has 1 unspecified atom stereocenters. The van der Waals surface area contributed by atoms with Crippen LogP contribution in [0.1, 0.15) is 17.3 Å². The molecule has 0 saturated carbocycles. The maximum Gasteiger partial charge on any atom is 0.269 e. The van der Waals surface area contributed by atoms with Crippen molar-refractivity contribution in [3.8, 4) is 5.75 Å². The minimum atomic E-state index is -0.377. The fraction of sp³-hybridized carbons (Fsp3) is 0.136. The lowest BCUT2D eigenvalue weighted by Crippen LogP contribution is -2.26. The minimum absolute atomic E-state index is 0.0653. The highest BCUT2D eigenvalue weighted by Crippen LogP contribution is 2.35. The summed E-state index contributed by atoms with van der Waals surface area (Å²) in [6, 6.07) is 24.4. The lowest BCUT2D eigenvalue weighted by molar-refractivity contribution is -0.384. The molecule has 6 nitrogen and oxygen atoms in total. The van der Waals surface area contributed by atoms with Gasteiger partial charge in [0, 0.05) is 23.4 Å². The highest BCUT2D eigenvalue weighted by atomic mass is 16.6. The Morgan fingerprint density at radius 3 is 2.46 bits per heavy atom. The van der Waals surface area contributed by atoms with E-state index in [1.54, 1.807) is 19.2 Å². The summed E-state index contributed by atoms with van der Waals surface area (Å²) >= 11 is 0. The first-order chi connectivity index (χ1) is 13.7. The summed E-state index contributed by atoms with van der Waals surface area (Å²) in [4.78, 5) is 17.9. The molecule has 0 bridgehead atoms. The average molecular weight is 373 g/mol. The molecular weight excluding hydrogens is 354 g/mol. The second-order valence-corrected chi connectivity index (χ2v) is 6.49. The van der Waals surface area contributed by atoms with Crippen molar-refractivity contribution in [3.63, 3.8) is 0 Å². The van der Waals surface area contributed by atoms with Crippen LogP contribution in [0.5, 0.6) is 5.75 Å². The lowest BCUT2D eigenvalue weighted by Gasteiger charge is -2.25. The number of ether oxygens (including phenoxy) is 1. The molecule has 3 aromatic carbocycles. The topological polar surface area (TPSA) is 68.0 Å². The van der Waals surface area contributed by atoms with Crippen molar-refractivity contribution in [3.05, 3.63) is 100 Å². The molecule has 0 spiro atoms. The molecule has 0 aromatic heterocycles. The van der Waals surface area contributed by atoms with E-state index in [1.165, 1.54) is 6.07 Å². The average Bonchev–Trinajstić information content (AvgIpc) is 3.20. The number of nitro benzene ring substituents is 1. The molecule has 0 radical (unpaired) electrons. The quantitative estimate of drug-likeness (QED) is 0.484. The first-order valence-corrected chi connectivity index (χ1v) is 8.93. The Kier molecular flexibility index (Phi) is 4.76. The molecule has 1 heterocycles. The van der Waals surface area contributed by atoms with Crippen LogP contribution in [0.25, 0.3) is 0 Å². The van der Waals surface area contributed by atoms with Crippen LogP contribution in [0.2, 0.25) is 0 Å². The number of hydrogen-bond acceptors (Lipinski definition) is 5. The van der Waals surface area contributed by atoms with Crippen LogP contribution in [0.3, 0.4) is 0 Å². The number of methoxy groups -OCH3 is 1. The van der Waals surface area contributed by atoms with E-state index >= 15 is 0 Å². The smallest absolute Gasteiger partial charge is 0.269 e. The molecule has 28 heavy (non-hydrogen) atoms. The molecule has 0 saturated heterocycles. The molecule has 140 valence electrons. The van der Waals surface area contributed by atoms with E-state index < -0.39 is 0 Å². The van der Waals surface area contributed by atoms with Gasteiger partial charge in [-0.25, -0.2) is 0 Å². The van der Waals surface area contributed by atoms with Gasteiger partial charge < -0.3 is 9.64 Å². The molecule has 6 heteroatoms. The minimum Gasteiger partial charge on any atom is -0.497 e. The first kappa shape index (κ1) is 17.7. The molecule has 0 N–H and O–H groups in total. The van der Waals surface area contributed by atoms with Crippen LogP contribution in [-0.4, -0.2) is 24.3 Å². The van der Waals surface area contributed by atoms with E-state index in [2.05, 4.69) is 4.90 Å². The predicted molar refractivity (Wildman–Crippen MR) is 109 cm³/mol. The molecule has 0 fully saturated rings. The summed E-state index contributed by atoms with van der Waals surface area (Å²) in [6.45, 7) is 0.615. The zero-order valence-electron chi connectivity index (χ0n) is 15.4. The Hall–Kier alpha value is -3.67. The van der Waals surface area contributed by atoms with Crippen LogP contribution in [-0.2, 0) is 0 Å². The molecule has 1 aliphatic heterocycles. The lowest BCUT2D eigenvalue weighted by atomic mass is 10.1. The monoisotopic (exact) mass is 373 g/mol. The van der Waals surface area contributed by atoms with Gasteiger partial charge in [-0.15, -0.1) is 0 Å². The third kappa shape index (κ3) is 3.44. The van der Waals surface area contributed by atoms with Crippen molar-refractivity contribution in [2.24, 2.45) is 4.99 Å². The fourth-order valence-corrected chi connectivity index (χ4v) is 3.36. The number of rotatable bonds is 5. The second-order valence-electron chi connectivity index (χ2n) is 6.49. The third-order valence-electron chi connectivity index (χ3n) is 4.78. The normalized spacial score (nSPS) is 16.0. The molecule has 1 aliphatic rings. The third-order valence-corrected chi connectivity index (χ3v) is 4.78. The Morgan fingerprint density at radius 1 is 1.04 bits per heavy atom. The van der Waals surface area contributed by atoms with Gasteiger partial charge in [0.2, 0.25) is 0 Å². The van der Waals surface area contributed by atoms with Gasteiger partial charge in [-0.05, 0) is 29.8 Å². The number of non-ortho nitro benzene ring substituents is 1. The number of nitrogens with zero attached hydrogens (tertiary/aromatic N) is 3. The fourth-order valence-electron chi connectivity index (χ4n) is 3.36. The maximum atomic E-state index is 11.2. The summed E-state index contributed by atoms with van der Waals surface area (Å²) in [5, 5.41) is 11.2. The largest absolute Gasteiger partial charge is 0.497 e. The zero-order valence-corrected chi connectivity index (χ0v) is 15.4. The number of nitro groups is 1. The van der Waals surface area contributed by atoms with Gasteiger partial charge in [-0.3, -0.25) is 15.1 Å². The number of hydrogen-bond donors (Lipinski definition) is 0. The second kappa shape index (κ2) is 7.52. The van der Waals surface area contributed by atoms with E-state index in [-0.39, 0.29) is 16.8 Å². The van der Waals surface area contributed by atoms with E-state index in [1.807, 2.05) is 60.7 Å². The molecule has 1 atom stereocenters. The molecule has 3 aromatic rings. The zero-order chi connectivity index (χ0) is 19.5. The van der Waals surface area contributed by atoms with Crippen molar-refractivity contribution in [1.82, 2.24) is 0 Å². The highest BCUT2D eigenvalue weighted by Gasteiger charge is 2.29. The summed E-state index contributed by atoms with van der Waals surface area (Å²) in [7, 11) is 1.63. The van der Waals surface area contributed by atoms with E-state index in [4.69, 9.17) is 9.73 Å². The Bertz CT molecular complexity index is 1020. The van der Waals surface area contributed by atoms with E-state index in [9.17, 15) is 10.1 Å². The van der Waals surface area contributed by atoms with Crippen molar-refractivity contribution in [1.29, 1.82) is 0 Å². The van der Waals surface area contributed by atoms with Crippen LogP contribution in [0, 0.1) is 10.1 Å². The molecular formula is C22H19N3O3. The van der Waals surface area contributed by atoms with Crippen molar-refractivity contribution in [2.45, 2.75) is 6.17 Å². The summed E-state index contributed by atoms with van der Waals surface area (Å²) in [6.07, 6.45) is -0.330. The first-order valence-electron chi connectivity index (χ1n) is 8.93. The number of benzene rings is 3. The predicted octanol–water partition coefficient (Wildman–Crippen LogP) is 4.61. The van der Waals surface area contributed by atoms with Crippen LogP contribution < -0.4 is 9.64 Å². The molecule has 0 aliphatic carbocycles. The molecule has 0 amide bonds. The standard InChI is InChI=1S/C22H19N3O3/c1-28-20-12-10-18(11-13-20)24-15-21(16-6-3-2-4-7-16)23-22(24)17-8-5-9-19(14-17)25(26)27/h2-14,22H,15H2,1H3. The maximum absolute atomic E-state index is 11.2. The van der Waals surface area contributed by atoms with Gasteiger partial charge in [0.25, 0.3) is 5.69 Å². The SMILES string of the molecule is COc1ccc(N2CC(c3ccccc3)=NC2c2cccc([N+](=O)[O-])c2)cc1. The van der Waals surface area contributed by atoms with Gasteiger partial charge >= 0.3 is 0 Å². The van der Waals surface area contributed by atoms with Gasteiger partial charge in [-0.1, -0.05) is 42.5 Å². The summed E-state index contributed by atoms with van der Waals surface area (Å²) in [5.41, 5.74) is 3.83. The van der Waals surface area contributed by atoms with E-state index in [0.717, 1.165) is 28.3 Å². The van der Waals surface area contributed by atoms with Gasteiger partial charge in [-0.2, -0.15) is 0 Å². The van der Waals surface area contributed by atoms with Crippen molar-refractivity contribution < 1.29 is 9.66 Å². The van der Waals surface area contributed by atoms with Crippen molar-refractivity contribution >= 4 is 17.1 Å². The molecule has 4 rings (SSSR count). The van der Waals surface area contributed by atoms with Gasteiger partial charge in [0.15, 0.2) is 0 Å². The highest BCUT2D eigenvalue weighted by molar-refractivity contribution is 6.05. The summed E-state index contributed by atoms with van der Waals surface area (Å²) < 4.78 is 5.25. The Balaban J connectivity index is 1.75. The van der Waals surface area contributed by atoms with Crippen molar-refractivity contribution in [2.75, 3.05) is 18.6 Å². The van der Waals surface area contributed by atoms with E-state index in [0.29, 0.717) is 6.54 Å². The van der Waals surface area contributed by atoms with Crippen LogP contribution in [0.15, 0.2) is 83.9 Å². The van der Waals surface area contributed by atoms with Gasteiger partial charge in [0.05, 0.1) is 24.3 Å². The number of anilines is 1. The van der Waals surface area contributed by atoms with Crippen LogP contribution in [0.4, 0.5) is 11.4 Å². The van der Waals surface area contributed by atoms with Gasteiger partial charge in [0.1, 0.15) is 11.9 Å². The Labute approximate surface area is 162 Å².